The molecule has 0 aromatic heterocycles. The molecular formula is C12H25N3O. The van der Waals surface area contributed by atoms with Crippen molar-refractivity contribution in [3.05, 3.63) is 0 Å². The summed E-state index contributed by atoms with van der Waals surface area (Å²) in [6.07, 6.45) is 4.61. The first kappa shape index (κ1) is 12.3. The Labute approximate surface area is 98.6 Å². The molecule has 0 spiro atoms. The number of hydrogen-bond donors (Lipinski definition) is 2. The van der Waals surface area contributed by atoms with Crippen LogP contribution in [0.25, 0.3) is 0 Å². The van der Waals surface area contributed by atoms with Gasteiger partial charge in [0.05, 0.1) is 0 Å². The highest BCUT2D eigenvalue weighted by molar-refractivity contribution is 4.88. The fraction of sp³-hybridized carbons (Fsp3) is 1.00. The van der Waals surface area contributed by atoms with Gasteiger partial charge in [-0.25, -0.2) is 0 Å². The van der Waals surface area contributed by atoms with Gasteiger partial charge in [0, 0.05) is 12.6 Å². The second-order valence-corrected chi connectivity index (χ2v) is 5.25. The van der Waals surface area contributed by atoms with E-state index in [-0.39, 0.29) is 0 Å². The number of nitrogens with one attached hydrogen (secondary N) is 1. The summed E-state index contributed by atoms with van der Waals surface area (Å²) in [5.74, 6) is 0.779. The van der Waals surface area contributed by atoms with Crippen LogP contribution in [0.1, 0.15) is 25.7 Å². The Balaban J connectivity index is 1.92. The van der Waals surface area contributed by atoms with Gasteiger partial charge in [0.1, 0.15) is 0 Å². The maximum Gasteiger partial charge on any atom is 0.163 e. The molecule has 2 aliphatic rings. The predicted molar refractivity (Wildman–Crippen MR) is 65.0 cm³/mol. The highest BCUT2D eigenvalue weighted by Crippen LogP contribution is 2.31. The number of piperidine rings is 1. The van der Waals surface area contributed by atoms with Gasteiger partial charge >= 0.3 is 0 Å². The lowest BCUT2D eigenvalue weighted by molar-refractivity contribution is -0.0435. The molecule has 2 rings (SSSR count). The lowest BCUT2D eigenvalue weighted by atomic mass is 9.88. The van der Waals surface area contributed by atoms with Crippen molar-refractivity contribution in [2.24, 2.45) is 5.92 Å². The monoisotopic (exact) mass is 227 g/mol. The quantitative estimate of drug-likeness (QED) is 0.680. The van der Waals surface area contributed by atoms with Crippen LogP contribution in [-0.4, -0.2) is 61.0 Å². The molecule has 0 aromatic carbocycles. The summed E-state index contributed by atoms with van der Waals surface area (Å²) in [5.41, 5.74) is 0. The number of aliphatic hydroxyl groups is 1. The second kappa shape index (κ2) is 5.45. The fourth-order valence-corrected chi connectivity index (χ4v) is 3.20. The summed E-state index contributed by atoms with van der Waals surface area (Å²) in [7, 11) is 4.03. The molecule has 0 amide bonds. The molecule has 1 unspecified atom stereocenters. The van der Waals surface area contributed by atoms with Gasteiger partial charge in [-0.05, 0) is 58.8 Å². The van der Waals surface area contributed by atoms with Gasteiger partial charge < -0.3 is 10.0 Å². The first-order chi connectivity index (χ1) is 7.72. The van der Waals surface area contributed by atoms with Gasteiger partial charge in [0.2, 0.25) is 0 Å². The van der Waals surface area contributed by atoms with Crippen molar-refractivity contribution in [1.29, 1.82) is 0 Å². The van der Waals surface area contributed by atoms with E-state index >= 15 is 0 Å². The Morgan fingerprint density at radius 1 is 1.19 bits per heavy atom. The average Bonchev–Trinajstić information content (AvgIpc) is 2.78. The molecule has 2 atom stereocenters. The SMILES string of the molecule is CNC(O)N1CCC[C@@H]1C1CCN(C)CC1. The Morgan fingerprint density at radius 3 is 2.50 bits per heavy atom. The Bertz CT molecular complexity index is 216. The summed E-state index contributed by atoms with van der Waals surface area (Å²) in [4.78, 5) is 4.65. The van der Waals surface area contributed by atoms with Gasteiger partial charge in [-0.3, -0.25) is 10.2 Å². The Morgan fingerprint density at radius 2 is 1.88 bits per heavy atom. The molecule has 0 saturated carbocycles. The third-order valence-corrected chi connectivity index (χ3v) is 4.22. The van der Waals surface area contributed by atoms with Crippen LogP contribution in [0.5, 0.6) is 0 Å². The van der Waals surface area contributed by atoms with Crippen LogP contribution < -0.4 is 5.32 Å². The molecule has 0 radical (unpaired) electrons. The molecule has 94 valence electrons. The third-order valence-electron chi connectivity index (χ3n) is 4.22. The minimum Gasteiger partial charge on any atom is -0.365 e. The highest BCUT2D eigenvalue weighted by atomic mass is 16.3. The van der Waals surface area contributed by atoms with E-state index in [9.17, 15) is 5.11 Å². The lowest BCUT2D eigenvalue weighted by Crippen LogP contribution is -2.50. The number of likely N-dealkylation sites (tertiary alicyclic amines) is 2. The van der Waals surface area contributed by atoms with Gasteiger partial charge in [0.15, 0.2) is 6.35 Å². The zero-order chi connectivity index (χ0) is 11.5. The summed E-state index contributed by atoms with van der Waals surface area (Å²) < 4.78 is 0. The number of nitrogens with zero attached hydrogens (tertiary/aromatic N) is 2. The molecule has 16 heavy (non-hydrogen) atoms. The Hall–Kier alpha value is -0.160. The summed E-state index contributed by atoms with van der Waals surface area (Å²) in [6.45, 7) is 3.47. The van der Waals surface area contributed by atoms with Crippen molar-refractivity contribution in [1.82, 2.24) is 15.1 Å². The first-order valence-corrected chi connectivity index (χ1v) is 6.52. The maximum atomic E-state index is 9.92. The van der Waals surface area contributed by atoms with E-state index in [1.807, 2.05) is 7.05 Å². The van der Waals surface area contributed by atoms with Crippen LogP contribution in [0.2, 0.25) is 0 Å². The standard InChI is InChI=1S/C12H25N3O/c1-13-12(16)15-7-3-4-11(15)10-5-8-14(2)9-6-10/h10-13,16H,3-9H2,1-2H3/t11-,12?/m1/s1. The normalized spacial score (nSPS) is 32.1. The van der Waals surface area contributed by atoms with Crippen LogP contribution in [0, 0.1) is 5.92 Å². The van der Waals surface area contributed by atoms with E-state index in [1.165, 1.54) is 38.8 Å². The van der Waals surface area contributed by atoms with Gasteiger partial charge in [0.25, 0.3) is 0 Å². The molecule has 0 bridgehead atoms. The van der Waals surface area contributed by atoms with E-state index in [1.54, 1.807) is 0 Å². The molecular weight excluding hydrogens is 202 g/mol. The highest BCUT2D eigenvalue weighted by Gasteiger charge is 2.35. The second-order valence-electron chi connectivity index (χ2n) is 5.25. The first-order valence-electron chi connectivity index (χ1n) is 6.52. The zero-order valence-electron chi connectivity index (χ0n) is 10.5. The van der Waals surface area contributed by atoms with Gasteiger partial charge in [-0.1, -0.05) is 0 Å². The average molecular weight is 227 g/mol. The molecule has 2 fully saturated rings. The minimum absolute atomic E-state index is 0.452. The van der Waals surface area contributed by atoms with E-state index in [0.29, 0.717) is 6.04 Å². The smallest absolute Gasteiger partial charge is 0.163 e. The number of hydrogen-bond acceptors (Lipinski definition) is 4. The number of aliphatic hydroxyl groups excluding tert-OH is 1. The van der Waals surface area contributed by atoms with Crippen LogP contribution in [0.3, 0.4) is 0 Å². The molecule has 2 heterocycles. The molecule has 0 aliphatic carbocycles. The predicted octanol–water partition coefficient (Wildman–Crippen LogP) is 0.288. The molecule has 2 saturated heterocycles. The molecule has 2 N–H and O–H groups in total. The fourth-order valence-electron chi connectivity index (χ4n) is 3.20. The molecule has 0 aromatic rings. The largest absolute Gasteiger partial charge is 0.365 e. The summed E-state index contributed by atoms with van der Waals surface area (Å²) in [6, 6.07) is 0.594. The summed E-state index contributed by atoms with van der Waals surface area (Å²) in [5, 5.41) is 12.9. The molecule has 2 aliphatic heterocycles. The minimum atomic E-state index is -0.452. The maximum absolute atomic E-state index is 9.92. The topological polar surface area (TPSA) is 38.7 Å². The van der Waals surface area contributed by atoms with Crippen molar-refractivity contribution in [3.8, 4) is 0 Å². The van der Waals surface area contributed by atoms with Crippen molar-refractivity contribution in [2.75, 3.05) is 33.7 Å². The van der Waals surface area contributed by atoms with Gasteiger partial charge in [-0.15, -0.1) is 0 Å². The lowest BCUT2D eigenvalue weighted by Gasteiger charge is -2.38. The van der Waals surface area contributed by atoms with E-state index in [2.05, 4.69) is 22.2 Å². The van der Waals surface area contributed by atoms with E-state index < -0.39 is 6.35 Å². The molecule has 4 nitrogen and oxygen atoms in total. The van der Waals surface area contributed by atoms with E-state index in [4.69, 9.17) is 0 Å². The Kier molecular flexibility index (Phi) is 4.19. The van der Waals surface area contributed by atoms with Crippen LogP contribution in [0.4, 0.5) is 0 Å². The van der Waals surface area contributed by atoms with Gasteiger partial charge in [-0.2, -0.15) is 0 Å². The number of rotatable bonds is 3. The third kappa shape index (κ3) is 2.56. The summed E-state index contributed by atoms with van der Waals surface area (Å²) >= 11 is 0. The molecule has 4 heteroatoms. The van der Waals surface area contributed by atoms with Crippen molar-refractivity contribution < 1.29 is 5.11 Å². The van der Waals surface area contributed by atoms with Crippen LogP contribution in [0.15, 0.2) is 0 Å². The van der Waals surface area contributed by atoms with E-state index in [0.717, 1.165) is 12.5 Å². The van der Waals surface area contributed by atoms with Crippen molar-refractivity contribution in [2.45, 2.75) is 38.1 Å². The van der Waals surface area contributed by atoms with Crippen molar-refractivity contribution >= 4 is 0 Å². The van der Waals surface area contributed by atoms with Crippen molar-refractivity contribution in [3.63, 3.8) is 0 Å². The van der Waals surface area contributed by atoms with Crippen LogP contribution in [-0.2, 0) is 0 Å². The van der Waals surface area contributed by atoms with Crippen LogP contribution >= 0.6 is 0 Å². The zero-order valence-corrected chi connectivity index (χ0v) is 10.5.